The van der Waals surface area contributed by atoms with Crippen molar-refractivity contribution >= 4 is 29.0 Å². The van der Waals surface area contributed by atoms with Crippen LogP contribution in [0.2, 0.25) is 0 Å². The summed E-state index contributed by atoms with van der Waals surface area (Å²) in [6.45, 7) is -0.428. The summed E-state index contributed by atoms with van der Waals surface area (Å²) in [5, 5.41) is 13.4. The number of carbonyl (C=O) groups excluding carboxylic acids is 3. The smallest absolute Gasteiger partial charge is 0.338 e. The minimum atomic E-state index is -0.712. The third-order valence-electron chi connectivity index (χ3n) is 5.34. The molecule has 0 heterocycles. The van der Waals surface area contributed by atoms with Crippen LogP contribution in [0.3, 0.4) is 0 Å². The molecule has 1 N–H and O–H groups in total. The second kappa shape index (κ2) is 10.9. The number of nitrogens with one attached hydrogen (secondary N) is 1. The van der Waals surface area contributed by atoms with Crippen LogP contribution in [0.1, 0.15) is 31.1 Å². The lowest BCUT2D eigenvalue weighted by Crippen LogP contribution is -2.15. The Morgan fingerprint density at radius 2 is 1.36 bits per heavy atom. The molecular formula is C28H20N2O6. The first-order chi connectivity index (χ1) is 17.4. The average molecular weight is 480 g/mol. The fourth-order valence-electron chi connectivity index (χ4n) is 3.44. The van der Waals surface area contributed by atoms with Crippen molar-refractivity contribution in [2.45, 2.75) is 0 Å². The van der Waals surface area contributed by atoms with Gasteiger partial charge >= 0.3 is 5.97 Å². The highest BCUT2D eigenvalue weighted by Gasteiger charge is 2.14. The molecule has 178 valence electrons. The van der Waals surface area contributed by atoms with Crippen molar-refractivity contribution in [3.63, 3.8) is 0 Å². The van der Waals surface area contributed by atoms with Crippen LogP contribution in [0.25, 0.3) is 11.1 Å². The summed E-state index contributed by atoms with van der Waals surface area (Å²) in [7, 11) is 0. The number of ketones is 1. The number of carbonyl (C=O) groups is 3. The number of benzene rings is 4. The molecule has 8 heteroatoms. The van der Waals surface area contributed by atoms with Crippen molar-refractivity contribution in [3.05, 3.63) is 130 Å². The van der Waals surface area contributed by atoms with Crippen LogP contribution < -0.4 is 5.32 Å². The minimum Gasteiger partial charge on any atom is -0.454 e. The van der Waals surface area contributed by atoms with E-state index in [1.54, 1.807) is 24.3 Å². The third kappa shape index (κ3) is 5.87. The molecule has 0 aromatic heterocycles. The molecule has 0 aliphatic carbocycles. The van der Waals surface area contributed by atoms with Gasteiger partial charge < -0.3 is 10.1 Å². The highest BCUT2D eigenvalue weighted by molar-refractivity contribution is 6.05. The van der Waals surface area contributed by atoms with E-state index in [2.05, 4.69) is 5.32 Å². The van der Waals surface area contributed by atoms with Gasteiger partial charge in [-0.3, -0.25) is 19.7 Å². The summed E-state index contributed by atoms with van der Waals surface area (Å²) in [6.07, 6.45) is 0. The normalized spacial score (nSPS) is 10.3. The highest BCUT2D eigenvalue weighted by atomic mass is 16.6. The SMILES string of the molecule is O=C(COC(=O)c1cccc(NC(=O)c2ccc([N+](=O)[O-])cc2)c1)c1ccc(-c2ccccc2)cc1. The number of nitro benzene ring substituents is 1. The van der Waals surface area contributed by atoms with Crippen LogP contribution in [-0.4, -0.2) is 29.2 Å². The number of Topliss-reactive ketones (excluding diaryl/α,β-unsaturated/α-hetero) is 1. The lowest BCUT2D eigenvalue weighted by molar-refractivity contribution is -0.384. The summed E-state index contributed by atoms with van der Waals surface area (Å²) >= 11 is 0. The molecule has 0 saturated carbocycles. The van der Waals surface area contributed by atoms with Gasteiger partial charge in [0.05, 0.1) is 10.5 Å². The maximum Gasteiger partial charge on any atom is 0.338 e. The van der Waals surface area contributed by atoms with E-state index in [1.807, 2.05) is 42.5 Å². The first-order valence-electron chi connectivity index (χ1n) is 10.9. The van der Waals surface area contributed by atoms with Crippen molar-refractivity contribution < 1.29 is 24.0 Å². The lowest BCUT2D eigenvalue weighted by Gasteiger charge is -2.08. The van der Waals surface area contributed by atoms with Crippen LogP contribution in [-0.2, 0) is 4.74 Å². The van der Waals surface area contributed by atoms with Crippen molar-refractivity contribution in [1.29, 1.82) is 0 Å². The molecule has 0 atom stereocenters. The number of non-ortho nitro benzene ring substituents is 1. The molecule has 0 aliphatic rings. The molecule has 0 radical (unpaired) electrons. The van der Waals surface area contributed by atoms with E-state index in [0.29, 0.717) is 11.3 Å². The van der Waals surface area contributed by atoms with Crippen LogP contribution in [0.5, 0.6) is 0 Å². The van der Waals surface area contributed by atoms with E-state index in [-0.39, 0.29) is 22.6 Å². The molecule has 4 rings (SSSR count). The van der Waals surface area contributed by atoms with Crippen molar-refractivity contribution in [2.24, 2.45) is 0 Å². The van der Waals surface area contributed by atoms with Gasteiger partial charge in [-0.05, 0) is 41.5 Å². The van der Waals surface area contributed by atoms with Gasteiger partial charge in [-0.2, -0.15) is 0 Å². The topological polar surface area (TPSA) is 116 Å². The van der Waals surface area contributed by atoms with E-state index in [0.717, 1.165) is 11.1 Å². The Morgan fingerprint density at radius 3 is 2.03 bits per heavy atom. The Bertz CT molecular complexity index is 1410. The second-order valence-electron chi connectivity index (χ2n) is 7.78. The number of esters is 1. The summed E-state index contributed by atoms with van der Waals surface area (Å²) in [4.78, 5) is 47.6. The molecule has 1 amide bonds. The Labute approximate surface area is 206 Å². The van der Waals surface area contributed by atoms with Gasteiger partial charge in [0, 0.05) is 28.9 Å². The zero-order valence-corrected chi connectivity index (χ0v) is 18.9. The molecule has 36 heavy (non-hydrogen) atoms. The van der Waals surface area contributed by atoms with Gasteiger partial charge in [0.1, 0.15) is 0 Å². The largest absolute Gasteiger partial charge is 0.454 e. The fraction of sp³-hybridized carbons (Fsp3) is 0.0357. The quantitative estimate of drug-likeness (QED) is 0.153. The molecule has 4 aromatic carbocycles. The second-order valence-corrected chi connectivity index (χ2v) is 7.78. The minimum absolute atomic E-state index is 0.127. The Morgan fingerprint density at radius 1 is 0.722 bits per heavy atom. The van der Waals surface area contributed by atoms with Crippen molar-refractivity contribution in [2.75, 3.05) is 11.9 Å². The lowest BCUT2D eigenvalue weighted by atomic mass is 10.0. The van der Waals surface area contributed by atoms with E-state index in [9.17, 15) is 24.5 Å². The molecule has 8 nitrogen and oxygen atoms in total. The molecule has 0 spiro atoms. The van der Waals surface area contributed by atoms with Crippen LogP contribution in [0, 0.1) is 10.1 Å². The van der Waals surface area contributed by atoms with Crippen LogP contribution in [0.4, 0.5) is 11.4 Å². The summed E-state index contributed by atoms with van der Waals surface area (Å²) in [5.74, 6) is -1.55. The van der Waals surface area contributed by atoms with Gasteiger partial charge in [0.25, 0.3) is 11.6 Å². The van der Waals surface area contributed by atoms with E-state index < -0.39 is 23.4 Å². The van der Waals surface area contributed by atoms with E-state index in [4.69, 9.17) is 4.74 Å². The summed E-state index contributed by atoms with van der Waals surface area (Å²) in [5.41, 5.74) is 3.00. The maximum atomic E-state index is 12.5. The van der Waals surface area contributed by atoms with Gasteiger partial charge in [-0.25, -0.2) is 4.79 Å². The molecule has 0 saturated heterocycles. The number of nitrogens with zero attached hydrogens (tertiary/aromatic N) is 1. The Kier molecular flexibility index (Phi) is 7.26. The highest BCUT2D eigenvalue weighted by Crippen LogP contribution is 2.20. The van der Waals surface area contributed by atoms with Crippen LogP contribution in [0.15, 0.2) is 103 Å². The first kappa shape index (κ1) is 24.0. The number of amides is 1. The number of nitro groups is 1. The monoisotopic (exact) mass is 480 g/mol. The van der Waals surface area contributed by atoms with Crippen LogP contribution >= 0.6 is 0 Å². The molecule has 0 unspecified atom stereocenters. The number of anilines is 1. The summed E-state index contributed by atoms with van der Waals surface area (Å²) in [6, 6.07) is 28.0. The zero-order valence-electron chi connectivity index (χ0n) is 18.9. The molecule has 0 aliphatic heterocycles. The Hall–Kier alpha value is -5.11. The predicted molar refractivity (Wildman–Crippen MR) is 134 cm³/mol. The number of hydrogen-bond donors (Lipinski definition) is 1. The zero-order chi connectivity index (χ0) is 25.5. The predicted octanol–water partition coefficient (Wildman–Crippen LogP) is 5.55. The van der Waals surface area contributed by atoms with Crippen molar-refractivity contribution in [3.8, 4) is 11.1 Å². The van der Waals surface area contributed by atoms with Gasteiger partial charge in [-0.15, -0.1) is 0 Å². The van der Waals surface area contributed by atoms with Gasteiger partial charge in [-0.1, -0.05) is 60.7 Å². The number of ether oxygens (including phenoxy) is 1. The van der Waals surface area contributed by atoms with E-state index in [1.165, 1.54) is 36.4 Å². The van der Waals surface area contributed by atoms with Gasteiger partial charge in [0.15, 0.2) is 12.4 Å². The molecule has 4 aromatic rings. The molecule has 0 fully saturated rings. The molecular weight excluding hydrogens is 460 g/mol. The average Bonchev–Trinajstić information content (AvgIpc) is 2.92. The number of rotatable bonds is 8. The van der Waals surface area contributed by atoms with E-state index >= 15 is 0 Å². The first-order valence-corrected chi connectivity index (χ1v) is 10.9. The van der Waals surface area contributed by atoms with Gasteiger partial charge in [0.2, 0.25) is 0 Å². The Balaban J connectivity index is 1.34. The maximum absolute atomic E-state index is 12.5. The van der Waals surface area contributed by atoms with Crippen molar-refractivity contribution in [1.82, 2.24) is 0 Å². The number of hydrogen-bond acceptors (Lipinski definition) is 6. The summed E-state index contributed by atoms with van der Waals surface area (Å²) < 4.78 is 5.17. The standard InChI is InChI=1S/C28H20N2O6/c31-26(21-11-9-20(10-12-21)19-5-2-1-3-6-19)18-36-28(33)23-7-4-8-24(17-23)29-27(32)22-13-15-25(16-14-22)30(34)35/h1-17H,18H2,(H,29,32). The third-order valence-corrected chi connectivity index (χ3v) is 5.34. The fourth-order valence-corrected chi connectivity index (χ4v) is 3.44. The molecule has 0 bridgehead atoms.